The van der Waals surface area contributed by atoms with E-state index in [0.29, 0.717) is 11.6 Å². The van der Waals surface area contributed by atoms with Crippen LogP contribution in [0.25, 0.3) is 16.7 Å². The van der Waals surface area contributed by atoms with Crippen LogP contribution in [0.3, 0.4) is 0 Å². The number of non-ortho nitro benzene ring substituents is 1. The fourth-order valence-electron chi connectivity index (χ4n) is 3.12. The molecule has 0 aliphatic rings. The minimum absolute atomic E-state index is 0.0442. The molecular formula is C20H18N6O3. The van der Waals surface area contributed by atoms with Crippen molar-refractivity contribution in [1.29, 1.82) is 0 Å². The highest BCUT2D eigenvalue weighted by molar-refractivity contribution is 6.02. The number of benzene rings is 2. The van der Waals surface area contributed by atoms with Crippen LogP contribution in [0, 0.1) is 10.1 Å². The van der Waals surface area contributed by atoms with Crippen LogP contribution in [0.4, 0.5) is 11.6 Å². The van der Waals surface area contributed by atoms with Gasteiger partial charge in [0.25, 0.3) is 11.6 Å². The van der Waals surface area contributed by atoms with Gasteiger partial charge in [-0.1, -0.05) is 25.1 Å². The van der Waals surface area contributed by atoms with Crippen molar-refractivity contribution in [3.63, 3.8) is 0 Å². The summed E-state index contributed by atoms with van der Waals surface area (Å²) in [6, 6.07) is 15.3. The summed E-state index contributed by atoms with van der Waals surface area (Å²) >= 11 is 0. The van der Waals surface area contributed by atoms with E-state index in [2.05, 4.69) is 22.3 Å². The van der Waals surface area contributed by atoms with Crippen molar-refractivity contribution in [2.45, 2.75) is 19.9 Å². The lowest BCUT2D eigenvalue weighted by Crippen LogP contribution is -2.17. The van der Waals surface area contributed by atoms with Gasteiger partial charge in [0.1, 0.15) is 0 Å². The molecule has 0 saturated carbocycles. The maximum atomic E-state index is 12.7. The number of nitro groups is 1. The van der Waals surface area contributed by atoms with Crippen LogP contribution in [0.2, 0.25) is 0 Å². The second kappa shape index (κ2) is 7.55. The predicted molar refractivity (Wildman–Crippen MR) is 108 cm³/mol. The van der Waals surface area contributed by atoms with E-state index in [-0.39, 0.29) is 11.4 Å². The maximum absolute atomic E-state index is 12.7. The number of rotatable bonds is 6. The number of carbonyl (C=O) groups is 1. The van der Waals surface area contributed by atoms with Crippen molar-refractivity contribution in [3.05, 3.63) is 76.6 Å². The van der Waals surface area contributed by atoms with Gasteiger partial charge in [-0.15, -0.1) is 0 Å². The van der Waals surface area contributed by atoms with Crippen LogP contribution in [-0.2, 0) is 6.54 Å². The van der Waals surface area contributed by atoms with Gasteiger partial charge in [0.2, 0.25) is 5.95 Å². The molecule has 1 amide bonds. The molecule has 0 bridgehead atoms. The number of amides is 1. The number of imidazole rings is 1. The molecule has 2 aromatic carbocycles. The molecule has 0 unspecified atom stereocenters. The standard InChI is InChI=1S/C20H18N6O3/c1-2-11-24-18-9-4-3-8-16(18)21-20(24)22-19(27)17-10-12-25(23-17)14-6-5-7-15(13-14)26(28)29/h3-10,12-13H,2,11H2,1H3,(H,21,22,27). The highest BCUT2D eigenvalue weighted by Gasteiger charge is 2.16. The van der Waals surface area contributed by atoms with E-state index in [1.165, 1.54) is 16.8 Å². The molecule has 146 valence electrons. The van der Waals surface area contributed by atoms with E-state index in [0.717, 1.165) is 24.0 Å². The van der Waals surface area contributed by atoms with Gasteiger partial charge in [0.05, 0.1) is 21.6 Å². The predicted octanol–water partition coefficient (Wildman–Crippen LogP) is 3.79. The molecule has 0 fully saturated rings. The molecule has 2 aromatic heterocycles. The van der Waals surface area contributed by atoms with Crippen molar-refractivity contribution in [3.8, 4) is 5.69 Å². The third kappa shape index (κ3) is 3.57. The molecule has 4 aromatic rings. The molecule has 4 rings (SSSR count). The first-order chi connectivity index (χ1) is 14.1. The molecule has 0 saturated heterocycles. The molecular weight excluding hydrogens is 372 g/mol. The van der Waals surface area contributed by atoms with Crippen molar-refractivity contribution in [2.75, 3.05) is 5.32 Å². The fraction of sp³-hybridized carbons (Fsp3) is 0.150. The Hall–Kier alpha value is -4.01. The van der Waals surface area contributed by atoms with E-state index in [9.17, 15) is 14.9 Å². The third-order valence-electron chi connectivity index (χ3n) is 4.45. The zero-order valence-corrected chi connectivity index (χ0v) is 15.6. The Bertz CT molecular complexity index is 1210. The van der Waals surface area contributed by atoms with E-state index < -0.39 is 10.8 Å². The minimum atomic E-state index is -0.473. The molecule has 2 heterocycles. The molecule has 0 radical (unpaired) electrons. The summed E-state index contributed by atoms with van der Waals surface area (Å²) in [4.78, 5) is 27.7. The normalized spacial score (nSPS) is 10.9. The quantitative estimate of drug-likeness (QED) is 0.398. The Kier molecular flexibility index (Phi) is 4.78. The van der Waals surface area contributed by atoms with Crippen LogP contribution in [0.5, 0.6) is 0 Å². The summed E-state index contributed by atoms with van der Waals surface area (Å²) in [7, 11) is 0. The van der Waals surface area contributed by atoms with Gasteiger partial charge in [0.15, 0.2) is 5.69 Å². The number of nitrogens with one attached hydrogen (secondary N) is 1. The molecule has 29 heavy (non-hydrogen) atoms. The van der Waals surface area contributed by atoms with E-state index >= 15 is 0 Å². The average Bonchev–Trinajstić information content (AvgIpc) is 3.34. The van der Waals surface area contributed by atoms with Gasteiger partial charge < -0.3 is 4.57 Å². The summed E-state index contributed by atoms with van der Waals surface area (Å²) in [5.41, 5.74) is 2.39. The fourth-order valence-corrected chi connectivity index (χ4v) is 3.12. The number of para-hydroxylation sites is 2. The lowest BCUT2D eigenvalue weighted by atomic mass is 10.3. The van der Waals surface area contributed by atoms with Gasteiger partial charge in [-0.05, 0) is 30.7 Å². The Morgan fingerprint density at radius 1 is 1.17 bits per heavy atom. The van der Waals surface area contributed by atoms with Crippen molar-refractivity contribution in [2.24, 2.45) is 0 Å². The van der Waals surface area contributed by atoms with Crippen molar-refractivity contribution >= 4 is 28.6 Å². The second-order valence-electron chi connectivity index (χ2n) is 6.45. The monoisotopic (exact) mass is 390 g/mol. The number of nitro benzene ring substituents is 1. The second-order valence-corrected chi connectivity index (χ2v) is 6.45. The van der Waals surface area contributed by atoms with Crippen LogP contribution in [0.1, 0.15) is 23.8 Å². The SMILES string of the molecule is CCCn1c(NC(=O)c2ccn(-c3cccc([N+](=O)[O-])c3)n2)nc2ccccc21. The first kappa shape index (κ1) is 18.4. The molecule has 0 aliphatic carbocycles. The highest BCUT2D eigenvalue weighted by Crippen LogP contribution is 2.21. The Morgan fingerprint density at radius 2 is 2.00 bits per heavy atom. The number of anilines is 1. The van der Waals surface area contributed by atoms with Crippen molar-refractivity contribution < 1.29 is 9.72 Å². The summed E-state index contributed by atoms with van der Waals surface area (Å²) < 4.78 is 3.39. The number of hydrogen-bond acceptors (Lipinski definition) is 5. The Balaban J connectivity index is 1.61. The molecule has 0 atom stereocenters. The largest absolute Gasteiger partial charge is 0.310 e. The number of carbonyl (C=O) groups excluding carboxylic acids is 1. The number of fused-ring (bicyclic) bond motifs is 1. The smallest absolute Gasteiger partial charge is 0.278 e. The van der Waals surface area contributed by atoms with Crippen LogP contribution >= 0.6 is 0 Å². The minimum Gasteiger partial charge on any atom is -0.310 e. The molecule has 0 spiro atoms. The lowest BCUT2D eigenvalue weighted by Gasteiger charge is -2.08. The van der Waals surface area contributed by atoms with Crippen LogP contribution in [0.15, 0.2) is 60.8 Å². The van der Waals surface area contributed by atoms with Crippen LogP contribution in [-0.4, -0.2) is 30.2 Å². The summed E-state index contributed by atoms with van der Waals surface area (Å²) in [6.07, 6.45) is 2.48. The Labute approximate surface area is 165 Å². The van der Waals surface area contributed by atoms with Crippen LogP contribution < -0.4 is 5.32 Å². The Morgan fingerprint density at radius 3 is 2.79 bits per heavy atom. The van der Waals surface area contributed by atoms with Gasteiger partial charge in [0, 0.05) is 24.9 Å². The number of hydrogen-bond donors (Lipinski definition) is 1. The highest BCUT2D eigenvalue weighted by atomic mass is 16.6. The zero-order chi connectivity index (χ0) is 20.4. The number of aryl methyl sites for hydroxylation is 1. The third-order valence-corrected chi connectivity index (χ3v) is 4.45. The van der Waals surface area contributed by atoms with Gasteiger partial charge >= 0.3 is 0 Å². The lowest BCUT2D eigenvalue weighted by molar-refractivity contribution is -0.384. The molecule has 0 aliphatic heterocycles. The first-order valence-corrected chi connectivity index (χ1v) is 9.14. The van der Waals surface area contributed by atoms with Gasteiger partial charge in [-0.2, -0.15) is 5.10 Å². The van der Waals surface area contributed by atoms with Gasteiger partial charge in [-0.25, -0.2) is 9.67 Å². The number of nitrogens with zero attached hydrogens (tertiary/aromatic N) is 5. The average molecular weight is 390 g/mol. The topological polar surface area (TPSA) is 108 Å². The molecule has 9 heteroatoms. The van der Waals surface area contributed by atoms with E-state index in [4.69, 9.17) is 0 Å². The summed E-state index contributed by atoms with van der Waals surface area (Å²) in [6.45, 7) is 2.78. The summed E-state index contributed by atoms with van der Waals surface area (Å²) in [5.74, 6) is 0.0600. The van der Waals surface area contributed by atoms with Gasteiger partial charge in [-0.3, -0.25) is 20.2 Å². The molecule has 1 N–H and O–H groups in total. The number of aromatic nitrogens is 4. The molecule has 9 nitrogen and oxygen atoms in total. The van der Waals surface area contributed by atoms with E-state index in [1.807, 2.05) is 28.8 Å². The maximum Gasteiger partial charge on any atom is 0.278 e. The first-order valence-electron chi connectivity index (χ1n) is 9.14. The van der Waals surface area contributed by atoms with Crippen molar-refractivity contribution in [1.82, 2.24) is 19.3 Å². The van der Waals surface area contributed by atoms with E-state index in [1.54, 1.807) is 24.4 Å². The summed E-state index contributed by atoms with van der Waals surface area (Å²) in [5, 5.41) is 18.0. The zero-order valence-electron chi connectivity index (χ0n) is 15.6.